The second-order valence-electron chi connectivity index (χ2n) is 7.74. The highest BCUT2D eigenvalue weighted by Gasteiger charge is 2.57. The van der Waals surface area contributed by atoms with Crippen molar-refractivity contribution in [3.8, 4) is 0 Å². The minimum Gasteiger partial charge on any atom is -0.423 e. The van der Waals surface area contributed by atoms with Gasteiger partial charge in [-0.3, -0.25) is 9.59 Å². The number of rotatable bonds is 6. The fourth-order valence-electron chi connectivity index (χ4n) is 4.96. The van der Waals surface area contributed by atoms with Crippen molar-refractivity contribution in [2.24, 2.45) is 5.41 Å². The zero-order valence-corrected chi connectivity index (χ0v) is 16.1. The molecule has 27 heavy (non-hydrogen) atoms. The molecule has 1 amide bonds. The van der Waals surface area contributed by atoms with Crippen molar-refractivity contribution in [3.63, 3.8) is 0 Å². The number of hydrogen-bond acceptors (Lipinski definition) is 5. The van der Waals surface area contributed by atoms with Crippen LogP contribution >= 0.6 is 0 Å². The SMILES string of the molecule is CCOC1CC(N(C)C(=O)c2ccc(B(O)O)c(C=O)c2)C12CCCCC2. The zero-order chi connectivity index (χ0) is 19.6. The number of aldehydes is 1. The van der Waals surface area contributed by atoms with Crippen molar-refractivity contribution in [2.45, 2.75) is 57.6 Å². The second-order valence-corrected chi connectivity index (χ2v) is 7.74. The summed E-state index contributed by atoms with van der Waals surface area (Å²) in [6.45, 7) is 2.70. The standard InChI is InChI=1S/C20H28BNO5/c1-3-27-18-12-17(20(18)9-5-4-6-10-20)22(2)19(24)14-7-8-16(21(25)26)15(11-14)13-23/h7-8,11,13,17-18,25-26H,3-6,9-10,12H2,1-2H3. The van der Waals surface area contributed by atoms with Crippen LogP contribution < -0.4 is 5.46 Å². The zero-order valence-electron chi connectivity index (χ0n) is 16.1. The minimum atomic E-state index is -1.74. The van der Waals surface area contributed by atoms with Crippen molar-refractivity contribution in [1.82, 2.24) is 4.90 Å². The number of amides is 1. The highest BCUT2D eigenvalue weighted by atomic mass is 16.5. The van der Waals surface area contributed by atoms with Crippen LogP contribution in [0.4, 0.5) is 0 Å². The molecule has 0 radical (unpaired) electrons. The molecule has 6 nitrogen and oxygen atoms in total. The molecule has 2 saturated carbocycles. The van der Waals surface area contributed by atoms with E-state index < -0.39 is 7.12 Å². The first-order chi connectivity index (χ1) is 12.9. The van der Waals surface area contributed by atoms with Crippen LogP contribution in [0.25, 0.3) is 0 Å². The smallest absolute Gasteiger partial charge is 0.423 e. The monoisotopic (exact) mass is 373 g/mol. The minimum absolute atomic E-state index is 0.0351. The van der Waals surface area contributed by atoms with Gasteiger partial charge in [0.15, 0.2) is 0 Å². The Morgan fingerprint density at radius 3 is 2.63 bits per heavy atom. The van der Waals surface area contributed by atoms with E-state index in [1.165, 1.54) is 31.4 Å². The number of hydrogen-bond donors (Lipinski definition) is 2. The van der Waals surface area contributed by atoms with Gasteiger partial charge in [0.25, 0.3) is 5.91 Å². The Bertz CT molecular complexity index is 702. The van der Waals surface area contributed by atoms with Crippen molar-refractivity contribution in [3.05, 3.63) is 29.3 Å². The molecular weight excluding hydrogens is 345 g/mol. The van der Waals surface area contributed by atoms with Crippen LogP contribution in [0, 0.1) is 5.41 Å². The molecule has 0 saturated heterocycles. The number of carbonyl (C=O) groups is 2. The molecule has 2 atom stereocenters. The van der Waals surface area contributed by atoms with Crippen LogP contribution in [0.1, 0.15) is 66.2 Å². The normalized spacial score (nSPS) is 23.6. The van der Waals surface area contributed by atoms with Crippen LogP contribution in [0.3, 0.4) is 0 Å². The second kappa shape index (κ2) is 8.13. The molecule has 2 fully saturated rings. The van der Waals surface area contributed by atoms with Gasteiger partial charge in [0.2, 0.25) is 0 Å². The van der Waals surface area contributed by atoms with E-state index in [1.807, 2.05) is 14.0 Å². The van der Waals surface area contributed by atoms with Crippen LogP contribution in [0.5, 0.6) is 0 Å². The maximum Gasteiger partial charge on any atom is 0.489 e. The summed E-state index contributed by atoms with van der Waals surface area (Å²) in [7, 11) is 0.0807. The van der Waals surface area contributed by atoms with Gasteiger partial charge in [-0.15, -0.1) is 0 Å². The lowest BCUT2D eigenvalue weighted by molar-refractivity contribution is -0.170. The van der Waals surface area contributed by atoms with Gasteiger partial charge in [-0.2, -0.15) is 0 Å². The lowest BCUT2D eigenvalue weighted by Gasteiger charge is -2.60. The summed E-state index contributed by atoms with van der Waals surface area (Å²) < 4.78 is 5.98. The topological polar surface area (TPSA) is 87.1 Å². The van der Waals surface area contributed by atoms with E-state index in [4.69, 9.17) is 4.74 Å². The van der Waals surface area contributed by atoms with Gasteiger partial charge in [0.05, 0.1) is 6.10 Å². The van der Waals surface area contributed by atoms with Crippen molar-refractivity contribution in [2.75, 3.05) is 13.7 Å². The maximum atomic E-state index is 13.1. The fraction of sp³-hybridized carbons (Fsp3) is 0.600. The molecule has 1 aromatic rings. The quantitative estimate of drug-likeness (QED) is 0.581. The Morgan fingerprint density at radius 1 is 1.33 bits per heavy atom. The average molecular weight is 373 g/mol. The molecule has 0 bridgehead atoms. The molecule has 3 rings (SSSR count). The van der Waals surface area contributed by atoms with Crippen molar-refractivity contribution < 1.29 is 24.4 Å². The van der Waals surface area contributed by atoms with Gasteiger partial charge in [0, 0.05) is 36.2 Å². The Hall–Kier alpha value is -1.70. The Morgan fingerprint density at radius 2 is 2.04 bits per heavy atom. The summed E-state index contributed by atoms with van der Waals surface area (Å²) >= 11 is 0. The largest absolute Gasteiger partial charge is 0.489 e. The average Bonchev–Trinajstić information content (AvgIpc) is 2.69. The van der Waals surface area contributed by atoms with Crippen LogP contribution in [-0.2, 0) is 4.74 Å². The van der Waals surface area contributed by atoms with E-state index in [2.05, 4.69) is 0 Å². The maximum absolute atomic E-state index is 13.1. The van der Waals surface area contributed by atoms with Gasteiger partial charge in [-0.05, 0) is 43.8 Å². The van der Waals surface area contributed by atoms with E-state index >= 15 is 0 Å². The molecule has 2 aliphatic rings. The highest BCUT2D eigenvalue weighted by molar-refractivity contribution is 6.60. The van der Waals surface area contributed by atoms with E-state index in [9.17, 15) is 19.6 Å². The number of nitrogens with zero attached hydrogens (tertiary/aromatic N) is 1. The van der Waals surface area contributed by atoms with Crippen molar-refractivity contribution >= 4 is 24.8 Å². The molecule has 2 N–H and O–H groups in total. The lowest BCUT2D eigenvalue weighted by Crippen LogP contribution is -2.65. The molecular formula is C20H28BNO5. The summed E-state index contributed by atoms with van der Waals surface area (Å²) in [5.74, 6) is -0.151. The van der Waals surface area contributed by atoms with Gasteiger partial charge >= 0.3 is 7.12 Å². The van der Waals surface area contributed by atoms with E-state index in [0.717, 1.165) is 19.3 Å². The first kappa shape index (κ1) is 20.0. The Kier molecular flexibility index (Phi) is 6.03. The lowest BCUT2D eigenvalue weighted by atomic mass is 9.54. The summed E-state index contributed by atoms with van der Waals surface area (Å²) in [6, 6.07) is 4.54. The Balaban J connectivity index is 1.82. The summed E-state index contributed by atoms with van der Waals surface area (Å²) in [5, 5.41) is 18.7. The molecule has 2 aliphatic carbocycles. The molecule has 146 valence electrons. The predicted octanol–water partition coefficient (Wildman–Crippen LogP) is 1.38. The van der Waals surface area contributed by atoms with Gasteiger partial charge in [0.1, 0.15) is 6.29 Å². The van der Waals surface area contributed by atoms with Gasteiger partial charge in [-0.25, -0.2) is 0 Å². The molecule has 1 spiro atoms. The molecule has 2 unspecified atom stereocenters. The summed E-state index contributed by atoms with van der Waals surface area (Å²) in [6.07, 6.45) is 7.32. The first-order valence-corrected chi connectivity index (χ1v) is 9.78. The highest BCUT2D eigenvalue weighted by Crippen LogP contribution is 2.55. The molecule has 0 heterocycles. The van der Waals surface area contributed by atoms with Crippen LogP contribution in [-0.4, -0.2) is 60.1 Å². The molecule has 0 aliphatic heterocycles. The number of carbonyl (C=O) groups excluding carboxylic acids is 2. The van der Waals surface area contributed by atoms with Crippen LogP contribution in [0.2, 0.25) is 0 Å². The molecule has 1 aromatic carbocycles. The fourth-order valence-corrected chi connectivity index (χ4v) is 4.96. The summed E-state index contributed by atoms with van der Waals surface area (Å²) in [4.78, 5) is 26.1. The predicted molar refractivity (Wildman–Crippen MR) is 103 cm³/mol. The summed E-state index contributed by atoms with van der Waals surface area (Å²) in [5.41, 5.74) is 0.646. The first-order valence-electron chi connectivity index (χ1n) is 9.78. The third-order valence-corrected chi connectivity index (χ3v) is 6.42. The molecule has 0 aromatic heterocycles. The Labute approximate surface area is 160 Å². The van der Waals surface area contributed by atoms with E-state index in [0.29, 0.717) is 18.5 Å². The number of benzene rings is 1. The van der Waals surface area contributed by atoms with E-state index in [-0.39, 0.29) is 34.5 Å². The van der Waals surface area contributed by atoms with Crippen molar-refractivity contribution in [1.29, 1.82) is 0 Å². The van der Waals surface area contributed by atoms with Crippen LogP contribution in [0.15, 0.2) is 18.2 Å². The number of ether oxygens (including phenoxy) is 1. The third-order valence-electron chi connectivity index (χ3n) is 6.42. The van der Waals surface area contributed by atoms with Gasteiger partial charge < -0.3 is 19.7 Å². The van der Waals surface area contributed by atoms with Gasteiger partial charge in [-0.1, -0.05) is 25.3 Å². The van der Waals surface area contributed by atoms with E-state index in [1.54, 1.807) is 11.0 Å². The molecule has 7 heteroatoms. The third kappa shape index (κ3) is 3.56.